The lowest BCUT2D eigenvalue weighted by atomic mass is 9.84. The van der Waals surface area contributed by atoms with Gasteiger partial charge in [-0.05, 0) is 42.0 Å². The van der Waals surface area contributed by atoms with Crippen LogP contribution in [0.5, 0.6) is 40.2 Å². The topological polar surface area (TPSA) is 98.8 Å². The maximum Gasteiger partial charge on any atom is 0.312 e. The first-order valence-corrected chi connectivity index (χ1v) is 11.8. The number of allylic oxidation sites excluding steroid dienone is 1. The molecule has 2 aliphatic heterocycles. The van der Waals surface area contributed by atoms with Crippen LogP contribution in [-0.2, 0) is 4.79 Å². The van der Waals surface area contributed by atoms with E-state index in [1.165, 1.54) is 28.4 Å². The van der Waals surface area contributed by atoms with Gasteiger partial charge >= 0.3 is 5.97 Å². The molecule has 3 aromatic carbocycles. The first kappa shape index (κ1) is 25.0. The molecule has 0 radical (unpaired) electrons. The zero-order valence-corrected chi connectivity index (χ0v) is 21.6. The summed E-state index contributed by atoms with van der Waals surface area (Å²) < 4.78 is 39.0. The van der Waals surface area contributed by atoms with Gasteiger partial charge in [-0.25, -0.2) is 0 Å². The van der Waals surface area contributed by atoms with E-state index in [0.717, 1.165) is 0 Å². The van der Waals surface area contributed by atoms with Crippen molar-refractivity contribution in [2.75, 3.05) is 35.5 Å². The molecule has 1 unspecified atom stereocenters. The molecule has 0 aliphatic carbocycles. The van der Waals surface area contributed by atoms with Crippen LogP contribution in [0.25, 0.3) is 6.08 Å². The molecular weight excluding hydrogens is 492 g/mol. The Bertz CT molecular complexity index is 1470. The number of hydrogen-bond acceptors (Lipinski definition) is 9. The van der Waals surface area contributed by atoms with Gasteiger partial charge in [0.1, 0.15) is 11.5 Å². The van der Waals surface area contributed by atoms with Crippen molar-refractivity contribution in [2.45, 2.75) is 12.3 Å². The number of esters is 1. The minimum absolute atomic E-state index is 0.0154. The molecular formula is C29H26O9. The Balaban J connectivity index is 1.62. The van der Waals surface area contributed by atoms with Crippen LogP contribution in [0.15, 0.2) is 48.2 Å². The van der Waals surface area contributed by atoms with Gasteiger partial charge in [0.15, 0.2) is 28.8 Å². The molecule has 196 valence electrons. The Morgan fingerprint density at radius 2 is 1.47 bits per heavy atom. The molecule has 5 rings (SSSR count). The number of ketones is 1. The maximum atomic E-state index is 13.4. The normalized spacial score (nSPS) is 16.8. The fraction of sp³-hybridized carbons (Fsp3) is 0.241. The zero-order chi connectivity index (χ0) is 27.0. The fourth-order valence-corrected chi connectivity index (χ4v) is 4.86. The predicted octanol–water partition coefficient (Wildman–Crippen LogP) is 4.79. The summed E-state index contributed by atoms with van der Waals surface area (Å²) >= 11 is 0. The number of carbonyl (C=O) groups excluding carboxylic acids is 2. The van der Waals surface area contributed by atoms with Crippen molar-refractivity contribution in [3.63, 3.8) is 0 Å². The lowest BCUT2D eigenvalue weighted by molar-refractivity contribution is -0.135. The van der Waals surface area contributed by atoms with Gasteiger partial charge in [0, 0.05) is 17.0 Å². The van der Waals surface area contributed by atoms with Gasteiger partial charge in [-0.2, -0.15) is 0 Å². The number of Topliss-reactive ketones (excluding diaryl/α,β-unsaturated/α-hetero) is 1. The summed E-state index contributed by atoms with van der Waals surface area (Å²) in [4.78, 5) is 26.0. The second-order valence-electron chi connectivity index (χ2n) is 8.56. The van der Waals surface area contributed by atoms with Crippen molar-refractivity contribution in [3.05, 3.63) is 70.5 Å². The van der Waals surface area contributed by atoms with Crippen LogP contribution in [0.1, 0.15) is 39.4 Å². The van der Waals surface area contributed by atoms with E-state index >= 15 is 0 Å². The molecule has 3 aromatic rings. The zero-order valence-electron chi connectivity index (χ0n) is 21.6. The molecule has 0 saturated heterocycles. The highest BCUT2D eigenvalue weighted by atomic mass is 16.5. The third-order valence-corrected chi connectivity index (χ3v) is 6.59. The Hall–Kier alpha value is -4.66. The fourth-order valence-electron chi connectivity index (χ4n) is 4.86. The van der Waals surface area contributed by atoms with Crippen molar-refractivity contribution in [3.8, 4) is 40.2 Å². The van der Waals surface area contributed by atoms with Crippen molar-refractivity contribution < 1.29 is 42.7 Å². The van der Waals surface area contributed by atoms with E-state index in [1.54, 1.807) is 49.6 Å². The highest BCUT2D eigenvalue weighted by molar-refractivity contribution is 6.15. The Morgan fingerprint density at radius 3 is 2.16 bits per heavy atom. The van der Waals surface area contributed by atoms with Crippen molar-refractivity contribution in [2.24, 2.45) is 0 Å². The van der Waals surface area contributed by atoms with E-state index in [2.05, 4.69) is 0 Å². The second-order valence-corrected chi connectivity index (χ2v) is 8.56. The lowest BCUT2D eigenvalue weighted by Gasteiger charge is -2.28. The SMILES string of the molecule is COc1ccc(C=C2Oc3c(ccc4c3C(c3ccc(OC)c(OC)c3OC)CC(=O)O4)C2=O)cc1OC. The molecule has 38 heavy (non-hydrogen) atoms. The molecule has 2 aliphatic rings. The van der Waals surface area contributed by atoms with E-state index < -0.39 is 11.9 Å². The molecule has 9 heteroatoms. The molecule has 2 heterocycles. The third-order valence-electron chi connectivity index (χ3n) is 6.59. The molecule has 0 spiro atoms. The minimum atomic E-state index is -0.524. The summed E-state index contributed by atoms with van der Waals surface area (Å²) in [6.45, 7) is 0. The van der Waals surface area contributed by atoms with Crippen molar-refractivity contribution in [1.82, 2.24) is 0 Å². The third kappa shape index (κ3) is 4.06. The molecule has 0 N–H and O–H groups in total. The van der Waals surface area contributed by atoms with E-state index in [9.17, 15) is 9.59 Å². The van der Waals surface area contributed by atoms with E-state index in [1.807, 2.05) is 6.07 Å². The number of methoxy groups -OCH3 is 5. The van der Waals surface area contributed by atoms with Crippen LogP contribution < -0.4 is 33.2 Å². The highest BCUT2D eigenvalue weighted by Crippen LogP contribution is 2.53. The summed E-state index contributed by atoms with van der Waals surface area (Å²) in [5, 5.41) is 0. The maximum absolute atomic E-state index is 13.4. The summed E-state index contributed by atoms with van der Waals surface area (Å²) in [5.41, 5.74) is 2.32. The quantitative estimate of drug-likeness (QED) is 0.248. The largest absolute Gasteiger partial charge is 0.493 e. The second kappa shape index (κ2) is 10.0. The molecule has 0 fully saturated rings. The molecule has 0 aromatic heterocycles. The van der Waals surface area contributed by atoms with Gasteiger partial charge in [-0.1, -0.05) is 12.1 Å². The predicted molar refractivity (Wildman–Crippen MR) is 137 cm³/mol. The summed E-state index contributed by atoms with van der Waals surface area (Å²) in [7, 11) is 7.65. The van der Waals surface area contributed by atoms with Gasteiger partial charge in [0.05, 0.1) is 47.5 Å². The van der Waals surface area contributed by atoms with E-state index in [4.69, 9.17) is 33.2 Å². The van der Waals surface area contributed by atoms with Crippen LogP contribution in [0.4, 0.5) is 0 Å². The Kier molecular flexibility index (Phi) is 6.59. The lowest BCUT2D eigenvalue weighted by Crippen LogP contribution is -2.22. The van der Waals surface area contributed by atoms with Crippen LogP contribution in [-0.4, -0.2) is 47.3 Å². The van der Waals surface area contributed by atoms with Gasteiger partial charge in [-0.3, -0.25) is 9.59 Å². The van der Waals surface area contributed by atoms with Crippen molar-refractivity contribution in [1.29, 1.82) is 0 Å². The summed E-state index contributed by atoms with van der Waals surface area (Å²) in [6, 6.07) is 12.1. The molecule has 1 atom stereocenters. The van der Waals surface area contributed by atoms with Crippen LogP contribution in [0.2, 0.25) is 0 Å². The molecule has 0 saturated carbocycles. The van der Waals surface area contributed by atoms with E-state index in [-0.39, 0.29) is 18.0 Å². The van der Waals surface area contributed by atoms with Crippen LogP contribution in [0.3, 0.4) is 0 Å². The average Bonchev–Trinajstić information content (AvgIpc) is 3.25. The number of ether oxygens (including phenoxy) is 7. The number of carbonyl (C=O) groups is 2. The van der Waals surface area contributed by atoms with Gasteiger partial charge in [0.25, 0.3) is 0 Å². The standard InChI is InChI=1S/C29H26O9/c1-32-19-9-6-15(12-22(19)34-3)13-23-26(31)17-8-10-20-25(27(17)38-23)18(14-24(30)37-20)16-7-11-21(33-2)29(36-5)28(16)35-4/h6-13,18H,14H2,1-5H3. The summed E-state index contributed by atoms with van der Waals surface area (Å²) in [6.07, 6.45) is 1.65. The molecule has 0 bridgehead atoms. The highest BCUT2D eigenvalue weighted by Gasteiger charge is 2.40. The van der Waals surface area contributed by atoms with Crippen molar-refractivity contribution >= 4 is 17.8 Å². The molecule has 0 amide bonds. The number of hydrogen-bond donors (Lipinski definition) is 0. The van der Waals surface area contributed by atoms with E-state index in [0.29, 0.717) is 62.5 Å². The average molecular weight is 519 g/mol. The Morgan fingerprint density at radius 1 is 0.763 bits per heavy atom. The first-order chi connectivity index (χ1) is 18.4. The minimum Gasteiger partial charge on any atom is -0.493 e. The van der Waals surface area contributed by atoms with Gasteiger partial charge in [0.2, 0.25) is 11.5 Å². The van der Waals surface area contributed by atoms with Crippen LogP contribution in [0, 0.1) is 0 Å². The first-order valence-electron chi connectivity index (χ1n) is 11.8. The van der Waals surface area contributed by atoms with Crippen LogP contribution >= 0.6 is 0 Å². The summed E-state index contributed by atoms with van der Waals surface area (Å²) in [5.74, 6) is 1.96. The Labute approximate surface area is 219 Å². The number of benzene rings is 3. The molecule has 9 nitrogen and oxygen atoms in total. The number of fused-ring (bicyclic) bond motifs is 3. The van der Waals surface area contributed by atoms with Gasteiger partial charge in [-0.15, -0.1) is 0 Å². The smallest absolute Gasteiger partial charge is 0.312 e. The van der Waals surface area contributed by atoms with Gasteiger partial charge < -0.3 is 33.2 Å². The number of rotatable bonds is 7. The monoisotopic (exact) mass is 518 g/mol.